The van der Waals surface area contributed by atoms with Crippen molar-refractivity contribution in [3.8, 4) is 5.69 Å². The van der Waals surface area contributed by atoms with Crippen molar-refractivity contribution in [2.45, 2.75) is 12.1 Å². The van der Waals surface area contributed by atoms with Crippen LogP contribution in [0.25, 0.3) is 15.9 Å². The average Bonchev–Trinajstić information content (AvgIpc) is 3.18. The highest BCUT2D eigenvalue weighted by Gasteiger charge is 2.16. The van der Waals surface area contributed by atoms with E-state index in [4.69, 9.17) is 0 Å². The number of rotatable bonds is 5. The second-order valence-corrected chi connectivity index (χ2v) is 9.07. The summed E-state index contributed by atoms with van der Waals surface area (Å²) >= 11 is 6.00. The van der Waals surface area contributed by atoms with Gasteiger partial charge in [-0.05, 0) is 54.3 Å². The first kappa shape index (κ1) is 19.9. The number of benzene rings is 2. The van der Waals surface area contributed by atoms with E-state index in [0.717, 1.165) is 21.4 Å². The highest BCUT2D eigenvalue weighted by molar-refractivity contribution is 9.10. The van der Waals surface area contributed by atoms with Crippen LogP contribution in [-0.2, 0) is 4.79 Å². The number of amides is 1. The number of halogens is 1. The summed E-state index contributed by atoms with van der Waals surface area (Å²) in [6.45, 7) is 1.95. The molecule has 2 aromatic carbocycles. The SMILES string of the molecule is Cc1ccccc1-n1c(SCC(=O)Nc2ccc(Br)cc2)nc2ccsc2c1=O. The Hall–Kier alpha value is -2.42. The fraction of sp³-hybridized carbons (Fsp3) is 0.0952. The molecule has 29 heavy (non-hydrogen) atoms. The molecule has 0 unspecified atom stereocenters. The van der Waals surface area contributed by atoms with E-state index >= 15 is 0 Å². The quantitative estimate of drug-likeness (QED) is 0.309. The zero-order valence-corrected chi connectivity index (χ0v) is 18.6. The molecule has 4 rings (SSSR count). The number of hydrogen-bond acceptors (Lipinski definition) is 5. The molecule has 2 aromatic heterocycles. The number of carbonyl (C=O) groups is 1. The van der Waals surface area contributed by atoms with Crippen LogP contribution in [0.2, 0.25) is 0 Å². The molecule has 1 amide bonds. The lowest BCUT2D eigenvalue weighted by molar-refractivity contribution is -0.113. The van der Waals surface area contributed by atoms with Crippen molar-refractivity contribution in [1.29, 1.82) is 0 Å². The van der Waals surface area contributed by atoms with E-state index in [2.05, 4.69) is 26.2 Å². The van der Waals surface area contributed by atoms with Crippen molar-refractivity contribution in [2.75, 3.05) is 11.1 Å². The molecule has 0 saturated carbocycles. The minimum Gasteiger partial charge on any atom is -0.325 e. The van der Waals surface area contributed by atoms with Crippen LogP contribution in [0.1, 0.15) is 5.56 Å². The second-order valence-electron chi connectivity index (χ2n) is 6.30. The van der Waals surface area contributed by atoms with Gasteiger partial charge in [-0.15, -0.1) is 11.3 Å². The lowest BCUT2D eigenvalue weighted by Crippen LogP contribution is -2.22. The molecule has 0 spiro atoms. The molecular formula is C21H16BrN3O2S2. The van der Waals surface area contributed by atoms with Crippen LogP contribution >= 0.6 is 39.0 Å². The van der Waals surface area contributed by atoms with Crippen LogP contribution in [0.3, 0.4) is 0 Å². The van der Waals surface area contributed by atoms with Gasteiger partial charge in [0.25, 0.3) is 5.56 Å². The molecule has 0 bridgehead atoms. The first-order valence-electron chi connectivity index (χ1n) is 8.77. The number of nitrogens with zero attached hydrogens (tertiary/aromatic N) is 2. The summed E-state index contributed by atoms with van der Waals surface area (Å²) in [5, 5.41) is 5.22. The lowest BCUT2D eigenvalue weighted by Gasteiger charge is -2.14. The van der Waals surface area contributed by atoms with E-state index in [1.165, 1.54) is 23.1 Å². The van der Waals surface area contributed by atoms with Gasteiger partial charge in [0.05, 0.1) is 17.0 Å². The number of aromatic nitrogens is 2. The van der Waals surface area contributed by atoms with Gasteiger partial charge in [-0.1, -0.05) is 45.9 Å². The predicted octanol–water partition coefficient (Wildman–Crippen LogP) is 5.25. The number of carbonyl (C=O) groups excluding carboxylic acids is 1. The molecule has 146 valence electrons. The third-order valence-electron chi connectivity index (χ3n) is 4.27. The highest BCUT2D eigenvalue weighted by Crippen LogP contribution is 2.25. The normalized spacial score (nSPS) is 11.0. The molecule has 0 aliphatic heterocycles. The second kappa shape index (κ2) is 8.52. The number of thioether (sulfide) groups is 1. The summed E-state index contributed by atoms with van der Waals surface area (Å²) in [5.41, 5.74) is 3.00. The van der Waals surface area contributed by atoms with E-state index in [-0.39, 0.29) is 17.2 Å². The maximum Gasteiger partial charge on any atom is 0.276 e. The standard InChI is InChI=1S/C21H16BrN3O2S2/c1-13-4-2-3-5-17(13)25-20(27)19-16(10-11-28-19)24-21(25)29-12-18(26)23-15-8-6-14(22)7-9-15/h2-11H,12H2,1H3,(H,23,26). The summed E-state index contributed by atoms with van der Waals surface area (Å²) in [7, 11) is 0. The van der Waals surface area contributed by atoms with E-state index in [9.17, 15) is 9.59 Å². The number of aryl methyl sites for hydroxylation is 1. The zero-order valence-electron chi connectivity index (χ0n) is 15.4. The average molecular weight is 486 g/mol. The van der Waals surface area contributed by atoms with Crippen LogP contribution in [0.15, 0.2) is 74.4 Å². The molecule has 0 atom stereocenters. The fourth-order valence-electron chi connectivity index (χ4n) is 2.88. The Balaban J connectivity index is 1.65. The maximum atomic E-state index is 13.1. The highest BCUT2D eigenvalue weighted by atomic mass is 79.9. The fourth-order valence-corrected chi connectivity index (χ4v) is 4.71. The molecule has 2 heterocycles. The molecule has 0 radical (unpaired) electrons. The maximum absolute atomic E-state index is 13.1. The molecule has 0 saturated heterocycles. The van der Waals surface area contributed by atoms with Crippen molar-refractivity contribution in [3.05, 3.63) is 80.4 Å². The van der Waals surface area contributed by atoms with Gasteiger partial charge in [-0.3, -0.25) is 14.2 Å². The number of fused-ring (bicyclic) bond motifs is 1. The van der Waals surface area contributed by atoms with E-state index in [1.807, 2.05) is 66.9 Å². The van der Waals surface area contributed by atoms with Gasteiger partial charge < -0.3 is 5.32 Å². The smallest absolute Gasteiger partial charge is 0.276 e. The van der Waals surface area contributed by atoms with Crippen molar-refractivity contribution < 1.29 is 4.79 Å². The van der Waals surface area contributed by atoms with Gasteiger partial charge in [0, 0.05) is 10.2 Å². The monoisotopic (exact) mass is 485 g/mol. The number of nitrogens with one attached hydrogen (secondary N) is 1. The van der Waals surface area contributed by atoms with Gasteiger partial charge in [0.2, 0.25) is 5.91 Å². The first-order valence-corrected chi connectivity index (χ1v) is 11.4. The largest absolute Gasteiger partial charge is 0.325 e. The molecule has 0 aliphatic carbocycles. The predicted molar refractivity (Wildman–Crippen MR) is 123 cm³/mol. The molecular weight excluding hydrogens is 470 g/mol. The molecule has 8 heteroatoms. The molecule has 4 aromatic rings. The lowest BCUT2D eigenvalue weighted by atomic mass is 10.2. The van der Waals surface area contributed by atoms with Crippen molar-refractivity contribution in [1.82, 2.24) is 9.55 Å². The van der Waals surface area contributed by atoms with Gasteiger partial charge >= 0.3 is 0 Å². The van der Waals surface area contributed by atoms with Crippen LogP contribution in [0.4, 0.5) is 5.69 Å². The van der Waals surface area contributed by atoms with Crippen molar-refractivity contribution in [3.63, 3.8) is 0 Å². The third kappa shape index (κ3) is 4.29. The minimum absolute atomic E-state index is 0.116. The van der Waals surface area contributed by atoms with Crippen molar-refractivity contribution in [2.24, 2.45) is 0 Å². The number of hydrogen-bond donors (Lipinski definition) is 1. The Morgan fingerprint density at radius 3 is 2.69 bits per heavy atom. The van der Waals surface area contributed by atoms with Crippen LogP contribution in [0.5, 0.6) is 0 Å². The first-order chi connectivity index (χ1) is 14.0. The van der Waals surface area contributed by atoms with E-state index in [1.54, 1.807) is 4.57 Å². The Morgan fingerprint density at radius 2 is 1.93 bits per heavy atom. The Bertz CT molecular complexity index is 1250. The molecule has 0 fully saturated rings. The van der Waals surface area contributed by atoms with Gasteiger partial charge in [-0.25, -0.2) is 4.98 Å². The number of para-hydroxylation sites is 1. The van der Waals surface area contributed by atoms with Crippen molar-refractivity contribution >= 4 is 60.8 Å². The molecule has 5 nitrogen and oxygen atoms in total. The Kier molecular flexibility index (Phi) is 5.84. The van der Waals surface area contributed by atoms with E-state index in [0.29, 0.717) is 15.4 Å². The summed E-state index contributed by atoms with van der Waals surface area (Å²) < 4.78 is 3.16. The Labute approximate surface area is 183 Å². The third-order valence-corrected chi connectivity index (χ3v) is 6.62. The number of anilines is 1. The summed E-state index contributed by atoms with van der Waals surface area (Å²) in [4.78, 5) is 30.2. The van der Waals surface area contributed by atoms with Gasteiger partial charge in [-0.2, -0.15) is 0 Å². The summed E-state index contributed by atoms with van der Waals surface area (Å²) in [6, 6.07) is 16.9. The minimum atomic E-state index is -0.159. The van der Waals surface area contributed by atoms with Crippen LogP contribution in [-0.4, -0.2) is 21.2 Å². The summed E-state index contributed by atoms with van der Waals surface area (Å²) in [6.07, 6.45) is 0. The number of thiophene rings is 1. The van der Waals surface area contributed by atoms with Gasteiger partial charge in [0.15, 0.2) is 5.16 Å². The van der Waals surface area contributed by atoms with Gasteiger partial charge in [0.1, 0.15) is 4.70 Å². The van der Waals surface area contributed by atoms with E-state index < -0.39 is 0 Å². The summed E-state index contributed by atoms with van der Waals surface area (Å²) in [5.74, 6) is -0.0161. The molecule has 1 N–H and O–H groups in total. The Morgan fingerprint density at radius 1 is 1.17 bits per heavy atom. The zero-order chi connectivity index (χ0) is 20.4. The topological polar surface area (TPSA) is 64.0 Å². The van der Waals surface area contributed by atoms with Crippen LogP contribution < -0.4 is 10.9 Å². The van der Waals surface area contributed by atoms with Crippen LogP contribution in [0, 0.1) is 6.92 Å². The molecule has 0 aliphatic rings.